The number of aliphatic hydroxyl groups is 1. The minimum absolute atomic E-state index is 0.0557. The normalized spacial score (nSPS) is 19.4. The molecule has 2 aliphatic rings. The molecular weight excluding hydrogens is 913 g/mol. The van der Waals surface area contributed by atoms with Crippen LogP contribution in [0.4, 0.5) is 0 Å². The van der Waals surface area contributed by atoms with E-state index in [0.717, 1.165) is 0 Å². The number of aliphatic carboxylic acids is 1. The van der Waals surface area contributed by atoms with Crippen LogP contribution in [0.15, 0.2) is 29.3 Å². The van der Waals surface area contributed by atoms with Gasteiger partial charge in [-0.1, -0.05) is 52.7 Å². The molecule has 0 saturated carbocycles. The van der Waals surface area contributed by atoms with E-state index in [1.54, 1.807) is 13.8 Å². The summed E-state index contributed by atoms with van der Waals surface area (Å²) in [7, 11) is 0. The van der Waals surface area contributed by atoms with Crippen molar-refractivity contribution < 1.29 is 58.5 Å². The van der Waals surface area contributed by atoms with Crippen molar-refractivity contribution in [1.82, 2.24) is 36.4 Å². The van der Waals surface area contributed by atoms with E-state index >= 15 is 0 Å². The van der Waals surface area contributed by atoms with Crippen LogP contribution < -0.4 is 49.5 Å². The highest BCUT2D eigenvalue weighted by Gasteiger charge is 2.44. The molecule has 24 nitrogen and oxygen atoms in total. The number of amides is 8. The van der Waals surface area contributed by atoms with Gasteiger partial charge in [-0.15, -0.1) is 0 Å². The molecule has 70 heavy (non-hydrogen) atoms. The van der Waals surface area contributed by atoms with Gasteiger partial charge >= 0.3 is 5.97 Å². The molecule has 24 heteroatoms. The van der Waals surface area contributed by atoms with Crippen LogP contribution in [-0.2, 0) is 49.6 Å². The zero-order chi connectivity index (χ0) is 52.4. The van der Waals surface area contributed by atoms with E-state index in [9.17, 15) is 58.5 Å². The fourth-order valence-corrected chi connectivity index (χ4v) is 8.27. The van der Waals surface area contributed by atoms with Crippen LogP contribution in [-0.4, -0.2) is 158 Å². The molecular formula is C46H74N12O12. The van der Waals surface area contributed by atoms with E-state index < -0.39 is 114 Å². The number of phenolic OH excluding ortho intramolecular Hbond substituents is 1. The number of rotatable bonds is 27. The molecule has 2 fully saturated rings. The average molecular weight is 987 g/mol. The molecule has 0 aromatic heterocycles. The number of aliphatic hydroxyl groups excluding tert-OH is 1. The second-order valence-corrected chi connectivity index (χ2v) is 18.2. The first-order valence-electron chi connectivity index (χ1n) is 23.9. The molecule has 8 amide bonds. The standard InChI is InChI=1S/C46H74N12O12/c1-6-24(3)35(48)44(68)58-22-10-13-33(58)43(67)57-21-9-12-32(57)40(64)56-37(26(5)59)42(66)54-31(23-27-14-16-28(60)17-15-27)39(63)52-29(18-19-34(47)61)38(62)55-36(25(4)7-2)41(65)53-30(45(69)70)11-8-20-51-46(49)50/h14-17,24-26,29-33,35-37,59-60H,6-13,18-23,48H2,1-5H3,(H2,47,61)(H,52,63)(H,53,65)(H,54,66)(H,55,62)(H,56,64)(H,69,70)(H4,49,50,51)/t24-,25-,26+,29-,30-,31-,32-,33-,35-,36-,37-/m0/s1. The van der Waals surface area contributed by atoms with Crippen LogP contribution in [0.3, 0.4) is 0 Å². The highest BCUT2D eigenvalue weighted by atomic mass is 16.4. The average Bonchev–Trinajstić information content (AvgIpc) is 4.02. The van der Waals surface area contributed by atoms with Crippen molar-refractivity contribution in [2.24, 2.45) is 39.8 Å². The molecule has 0 unspecified atom stereocenters. The Balaban J connectivity index is 1.86. The summed E-state index contributed by atoms with van der Waals surface area (Å²) >= 11 is 0. The number of aromatic hydroxyl groups is 1. The maximum atomic E-state index is 14.3. The molecule has 0 bridgehead atoms. The molecule has 1 aromatic rings. The molecule has 3 rings (SSSR count). The van der Waals surface area contributed by atoms with Crippen LogP contribution in [0, 0.1) is 11.8 Å². The van der Waals surface area contributed by atoms with Crippen molar-refractivity contribution in [3.8, 4) is 5.75 Å². The summed E-state index contributed by atoms with van der Waals surface area (Å²) < 4.78 is 0. The second kappa shape index (κ2) is 27.6. The third-order valence-corrected chi connectivity index (χ3v) is 12.9. The lowest BCUT2D eigenvalue weighted by molar-refractivity contribution is -0.148. The number of carboxylic acid groups (broad SMARTS) is 1. The molecule has 390 valence electrons. The number of nitrogens with two attached hydrogens (primary N) is 4. The van der Waals surface area contributed by atoms with Gasteiger partial charge in [0.1, 0.15) is 48.0 Å². The number of phenols is 1. The number of carbonyl (C=O) groups is 9. The Hall–Kier alpha value is -6.56. The van der Waals surface area contributed by atoms with Gasteiger partial charge in [0.25, 0.3) is 0 Å². The maximum Gasteiger partial charge on any atom is 0.326 e. The maximum absolute atomic E-state index is 14.3. The van der Waals surface area contributed by atoms with Gasteiger partial charge in [0.2, 0.25) is 47.3 Å². The molecule has 16 N–H and O–H groups in total. The first-order chi connectivity index (χ1) is 33.0. The Morgan fingerprint density at radius 3 is 1.84 bits per heavy atom. The number of carboxylic acids is 1. The lowest BCUT2D eigenvalue weighted by Gasteiger charge is -2.33. The van der Waals surface area contributed by atoms with E-state index in [1.807, 2.05) is 13.8 Å². The third kappa shape index (κ3) is 16.8. The van der Waals surface area contributed by atoms with Crippen molar-refractivity contribution in [3.05, 3.63) is 29.8 Å². The van der Waals surface area contributed by atoms with Gasteiger partial charge in [-0.2, -0.15) is 0 Å². The van der Waals surface area contributed by atoms with Gasteiger partial charge in [-0.25, -0.2) is 4.79 Å². The number of benzene rings is 1. The van der Waals surface area contributed by atoms with Crippen molar-refractivity contribution in [2.75, 3.05) is 19.6 Å². The molecule has 0 radical (unpaired) electrons. The van der Waals surface area contributed by atoms with Gasteiger partial charge in [-0.05, 0) is 81.4 Å². The zero-order valence-electron chi connectivity index (χ0n) is 40.7. The number of nitrogens with zero attached hydrogens (tertiary/aromatic N) is 3. The van der Waals surface area contributed by atoms with E-state index in [0.29, 0.717) is 44.2 Å². The Labute approximate surface area is 407 Å². The summed E-state index contributed by atoms with van der Waals surface area (Å²) in [6.45, 7) is 9.00. The first-order valence-corrected chi connectivity index (χ1v) is 23.9. The molecule has 2 aliphatic heterocycles. The van der Waals surface area contributed by atoms with Crippen LogP contribution in [0.25, 0.3) is 0 Å². The predicted molar refractivity (Wildman–Crippen MR) is 255 cm³/mol. The number of hydrogen-bond acceptors (Lipinski definition) is 13. The Bertz CT molecular complexity index is 2030. The lowest BCUT2D eigenvalue weighted by Crippen LogP contribution is -2.62. The van der Waals surface area contributed by atoms with Crippen LogP contribution in [0.1, 0.15) is 104 Å². The number of carbonyl (C=O) groups excluding carboxylic acids is 8. The fourth-order valence-electron chi connectivity index (χ4n) is 8.27. The topological polar surface area (TPSA) is 397 Å². The number of aliphatic imine (C=N–C) groups is 1. The Kier molecular flexibility index (Phi) is 22.8. The number of nitrogens with one attached hydrogen (secondary N) is 5. The van der Waals surface area contributed by atoms with E-state index in [4.69, 9.17) is 22.9 Å². The fraction of sp³-hybridized carbons (Fsp3) is 0.652. The minimum Gasteiger partial charge on any atom is -0.508 e. The van der Waals surface area contributed by atoms with Crippen LogP contribution >= 0.6 is 0 Å². The highest BCUT2D eigenvalue weighted by molar-refractivity contribution is 5.98. The van der Waals surface area contributed by atoms with Gasteiger partial charge in [0.05, 0.1) is 12.1 Å². The minimum atomic E-state index is -1.68. The number of primary amides is 1. The second-order valence-electron chi connectivity index (χ2n) is 18.2. The largest absolute Gasteiger partial charge is 0.508 e. The SMILES string of the molecule is CC[C@H](C)[C@H](N)C(=O)N1CCC[C@H]1C(=O)N1CCC[C@H]1C(=O)N[C@H](C(=O)N[C@@H](Cc1ccc(O)cc1)C(=O)N[C@@H](CCC(N)=O)C(=O)N[C@H](C(=O)N[C@@H](CCCN=C(N)N)C(=O)O)[C@@H](C)CC)[C@@H](C)O. The molecule has 0 spiro atoms. The van der Waals surface area contributed by atoms with Crippen molar-refractivity contribution >= 4 is 59.2 Å². The summed E-state index contributed by atoms with van der Waals surface area (Å²) in [5.74, 6) is -8.51. The quantitative estimate of drug-likeness (QED) is 0.0247. The molecule has 0 aliphatic carbocycles. The lowest BCUT2D eigenvalue weighted by atomic mass is 9.96. The summed E-state index contributed by atoms with van der Waals surface area (Å²) in [5.41, 5.74) is 22.8. The monoisotopic (exact) mass is 987 g/mol. The van der Waals surface area contributed by atoms with Crippen molar-refractivity contribution in [1.29, 1.82) is 0 Å². The highest BCUT2D eigenvalue weighted by Crippen LogP contribution is 2.27. The molecule has 2 saturated heterocycles. The molecule has 1 aromatic carbocycles. The van der Waals surface area contributed by atoms with Gasteiger partial charge in [0, 0.05) is 32.5 Å². The Morgan fingerprint density at radius 2 is 1.27 bits per heavy atom. The number of guanidine groups is 1. The van der Waals surface area contributed by atoms with Gasteiger partial charge < -0.3 is 74.6 Å². The van der Waals surface area contributed by atoms with Gasteiger partial charge in [-0.3, -0.25) is 43.3 Å². The summed E-state index contributed by atoms with van der Waals surface area (Å²) in [6.07, 6.45) is 0.146. The predicted octanol–water partition coefficient (Wildman–Crippen LogP) is -2.46. The van der Waals surface area contributed by atoms with E-state index in [2.05, 4.69) is 31.6 Å². The van der Waals surface area contributed by atoms with Crippen molar-refractivity contribution in [2.45, 2.75) is 160 Å². The van der Waals surface area contributed by atoms with Crippen LogP contribution in [0.2, 0.25) is 0 Å². The third-order valence-electron chi connectivity index (χ3n) is 12.9. The van der Waals surface area contributed by atoms with Crippen molar-refractivity contribution in [3.63, 3.8) is 0 Å². The van der Waals surface area contributed by atoms with E-state index in [1.165, 1.54) is 41.0 Å². The summed E-state index contributed by atoms with van der Waals surface area (Å²) in [5, 5.41) is 43.3. The number of likely N-dealkylation sites (tertiary alicyclic amines) is 2. The zero-order valence-corrected chi connectivity index (χ0v) is 40.7. The smallest absolute Gasteiger partial charge is 0.326 e. The summed E-state index contributed by atoms with van der Waals surface area (Å²) in [6, 6.07) is -4.57. The van der Waals surface area contributed by atoms with Crippen LogP contribution in [0.5, 0.6) is 5.75 Å². The summed E-state index contributed by atoms with van der Waals surface area (Å²) in [4.78, 5) is 128. The Morgan fingerprint density at radius 1 is 0.714 bits per heavy atom. The molecule has 11 atom stereocenters. The first kappa shape index (κ1) is 57.8. The molecule has 2 heterocycles. The van der Waals surface area contributed by atoms with Gasteiger partial charge in [0.15, 0.2) is 5.96 Å². The number of hydrogen-bond donors (Lipinski definition) is 12. The van der Waals surface area contributed by atoms with E-state index in [-0.39, 0.29) is 68.7 Å².